The Kier molecular flexibility index (Phi) is 8.59. The lowest BCUT2D eigenvalue weighted by Crippen LogP contribution is -2.10. The summed E-state index contributed by atoms with van der Waals surface area (Å²) < 4.78 is 6.15. The monoisotopic (exact) mass is 502 g/mol. The maximum absolute atomic E-state index is 6.15. The topological polar surface area (TPSA) is 99.7 Å². The second-order valence-electron chi connectivity index (χ2n) is 9.10. The highest BCUT2D eigenvalue weighted by Gasteiger charge is 2.15. The summed E-state index contributed by atoms with van der Waals surface area (Å²) in [6, 6.07) is 6.33. The van der Waals surface area contributed by atoms with Crippen LogP contribution in [-0.4, -0.2) is 31.5 Å². The molecule has 0 spiro atoms. The molecule has 0 aliphatic rings. The summed E-state index contributed by atoms with van der Waals surface area (Å²) in [4.78, 5) is 23.8. The zero-order valence-corrected chi connectivity index (χ0v) is 22.3. The first-order chi connectivity index (χ1) is 17.5. The van der Waals surface area contributed by atoms with Gasteiger partial charge in [0.2, 0.25) is 0 Å². The van der Waals surface area contributed by atoms with E-state index in [1.54, 1.807) is 29.9 Å². The minimum absolute atomic E-state index is 0.575. The van der Waals surface area contributed by atoms with Crippen molar-refractivity contribution in [3.05, 3.63) is 64.7 Å². The van der Waals surface area contributed by atoms with Gasteiger partial charge < -0.3 is 10.5 Å². The number of aryl methyl sites for hydroxylation is 4. The van der Waals surface area contributed by atoms with Gasteiger partial charge in [0.15, 0.2) is 11.0 Å². The van der Waals surface area contributed by atoms with Crippen LogP contribution in [0.5, 0.6) is 5.75 Å². The van der Waals surface area contributed by atoms with Crippen molar-refractivity contribution in [1.29, 1.82) is 0 Å². The molecule has 0 amide bonds. The van der Waals surface area contributed by atoms with Crippen LogP contribution in [0.2, 0.25) is 0 Å². The third-order valence-electron chi connectivity index (χ3n) is 6.40. The molecule has 0 bridgehead atoms. The molecule has 188 valence electrons. The Morgan fingerprint density at radius 3 is 2.33 bits per heavy atom. The molecule has 8 heteroatoms. The number of aromatic nitrogens is 5. The van der Waals surface area contributed by atoms with E-state index in [1.165, 1.54) is 4.88 Å². The van der Waals surface area contributed by atoms with Gasteiger partial charge in [-0.2, -0.15) is 0 Å². The third-order valence-corrected chi connectivity index (χ3v) is 7.29. The highest BCUT2D eigenvalue weighted by Crippen LogP contribution is 2.32. The van der Waals surface area contributed by atoms with Crippen LogP contribution < -0.4 is 10.5 Å². The summed E-state index contributed by atoms with van der Waals surface area (Å²) in [5, 5.41) is 0.609. The van der Waals surface area contributed by atoms with Crippen LogP contribution in [0.4, 0.5) is 5.13 Å². The minimum Gasteiger partial charge on any atom is -0.493 e. The maximum atomic E-state index is 6.15. The van der Waals surface area contributed by atoms with Crippen LogP contribution in [0.15, 0.2) is 43.0 Å². The summed E-state index contributed by atoms with van der Waals surface area (Å²) in [7, 11) is 0. The standard InChI is InChI=1S/C28H34N6OS/c1-5-20(6-2)17-35-22-12-18(3)26(19(4)13-22)24-14-21(8-7-9-23-15-32-28(29)36-23)33-27(34-24)25-16-30-10-11-31-25/h10-16,20H,5-9,17H2,1-4H3,(H2,29,32). The molecule has 0 unspecified atom stereocenters. The molecular formula is C28H34N6OS. The van der Waals surface area contributed by atoms with Gasteiger partial charge in [-0.15, -0.1) is 11.3 Å². The van der Waals surface area contributed by atoms with E-state index in [2.05, 4.69) is 60.8 Å². The average Bonchev–Trinajstić information content (AvgIpc) is 3.29. The number of nitrogens with two attached hydrogens (primary N) is 1. The molecule has 0 aliphatic heterocycles. The maximum Gasteiger partial charge on any atom is 0.180 e. The van der Waals surface area contributed by atoms with Crippen LogP contribution in [0.25, 0.3) is 22.8 Å². The minimum atomic E-state index is 0.575. The number of anilines is 1. The molecule has 3 aromatic heterocycles. The highest BCUT2D eigenvalue weighted by molar-refractivity contribution is 7.15. The van der Waals surface area contributed by atoms with Gasteiger partial charge in [0.05, 0.1) is 18.5 Å². The molecule has 0 saturated carbocycles. The van der Waals surface area contributed by atoms with E-state index >= 15 is 0 Å². The van der Waals surface area contributed by atoms with Crippen molar-refractivity contribution in [2.45, 2.75) is 59.8 Å². The summed E-state index contributed by atoms with van der Waals surface area (Å²) >= 11 is 1.54. The molecule has 0 radical (unpaired) electrons. The van der Waals surface area contributed by atoms with Crippen molar-refractivity contribution in [2.24, 2.45) is 5.92 Å². The molecule has 0 aliphatic carbocycles. The van der Waals surface area contributed by atoms with E-state index < -0.39 is 0 Å². The van der Waals surface area contributed by atoms with Gasteiger partial charge in [-0.25, -0.2) is 19.9 Å². The lowest BCUT2D eigenvalue weighted by atomic mass is 9.98. The Morgan fingerprint density at radius 2 is 1.69 bits per heavy atom. The fourth-order valence-corrected chi connectivity index (χ4v) is 5.04. The quantitative estimate of drug-likeness (QED) is 0.259. The SMILES string of the molecule is CCC(CC)COc1cc(C)c(-c2cc(CCCc3cnc(N)s3)nc(-c3cnccn3)n2)c(C)c1. The molecule has 1 aromatic carbocycles. The molecule has 0 fully saturated rings. The van der Waals surface area contributed by atoms with Gasteiger partial charge in [0, 0.05) is 34.7 Å². The smallest absolute Gasteiger partial charge is 0.180 e. The first-order valence-electron chi connectivity index (χ1n) is 12.6. The van der Waals surface area contributed by atoms with Gasteiger partial charge in [-0.1, -0.05) is 26.7 Å². The van der Waals surface area contributed by atoms with Gasteiger partial charge in [0.25, 0.3) is 0 Å². The van der Waals surface area contributed by atoms with Crippen molar-refractivity contribution in [2.75, 3.05) is 12.3 Å². The van der Waals surface area contributed by atoms with Gasteiger partial charge in [-0.05, 0) is 68.4 Å². The van der Waals surface area contributed by atoms with Crippen LogP contribution in [0.3, 0.4) is 0 Å². The number of hydrogen-bond acceptors (Lipinski definition) is 8. The largest absolute Gasteiger partial charge is 0.493 e. The number of ether oxygens (including phenoxy) is 1. The Morgan fingerprint density at radius 1 is 0.917 bits per heavy atom. The van der Waals surface area contributed by atoms with Crippen LogP contribution in [-0.2, 0) is 12.8 Å². The zero-order chi connectivity index (χ0) is 25.5. The Hall–Kier alpha value is -3.39. The number of benzene rings is 1. The van der Waals surface area contributed by atoms with E-state index in [0.717, 1.165) is 72.5 Å². The van der Waals surface area contributed by atoms with Crippen molar-refractivity contribution in [3.8, 4) is 28.5 Å². The Labute approximate surface area is 217 Å². The summed E-state index contributed by atoms with van der Waals surface area (Å²) in [6.45, 7) is 9.40. The van der Waals surface area contributed by atoms with E-state index in [-0.39, 0.29) is 0 Å². The molecule has 0 saturated heterocycles. The lowest BCUT2D eigenvalue weighted by molar-refractivity contribution is 0.240. The van der Waals surface area contributed by atoms with Gasteiger partial charge >= 0.3 is 0 Å². The van der Waals surface area contributed by atoms with E-state index in [1.807, 2.05) is 6.20 Å². The first-order valence-corrected chi connectivity index (χ1v) is 13.4. The Bertz CT molecular complexity index is 1260. The third kappa shape index (κ3) is 6.43. The number of nitrogens with zero attached hydrogens (tertiary/aromatic N) is 5. The van der Waals surface area contributed by atoms with E-state index in [0.29, 0.717) is 22.6 Å². The summed E-state index contributed by atoms with van der Waals surface area (Å²) in [5.41, 5.74) is 11.7. The lowest BCUT2D eigenvalue weighted by Gasteiger charge is -2.17. The number of nitrogen functional groups attached to an aromatic ring is 1. The van der Waals surface area contributed by atoms with Crippen molar-refractivity contribution in [1.82, 2.24) is 24.9 Å². The van der Waals surface area contributed by atoms with Crippen molar-refractivity contribution < 1.29 is 4.74 Å². The number of rotatable bonds is 11. The number of thiazole rings is 1. The molecule has 3 heterocycles. The molecule has 0 atom stereocenters. The Balaban J connectivity index is 1.63. The zero-order valence-electron chi connectivity index (χ0n) is 21.5. The van der Waals surface area contributed by atoms with Crippen LogP contribution in [0.1, 0.15) is 54.8 Å². The number of hydrogen-bond donors (Lipinski definition) is 1. The van der Waals surface area contributed by atoms with Gasteiger partial charge in [-0.3, -0.25) is 4.98 Å². The molecule has 4 aromatic rings. The predicted octanol–water partition coefficient (Wildman–Crippen LogP) is 6.25. The van der Waals surface area contributed by atoms with Gasteiger partial charge in [0.1, 0.15) is 11.4 Å². The first kappa shape index (κ1) is 25.7. The summed E-state index contributed by atoms with van der Waals surface area (Å²) in [5.74, 6) is 2.07. The van der Waals surface area contributed by atoms with Crippen LogP contribution >= 0.6 is 11.3 Å². The highest BCUT2D eigenvalue weighted by atomic mass is 32.1. The molecule has 4 rings (SSSR count). The fourth-order valence-electron chi connectivity index (χ4n) is 4.31. The molecule has 2 N–H and O–H groups in total. The average molecular weight is 503 g/mol. The molecule has 7 nitrogen and oxygen atoms in total. The van der Waals surface area contributed by atoms with E-state index in [4.69, 9.17) is 20.4 Å². The van der Waals surface area contributed by atoms with Crippen LogP contribution in [0, 0.1) is 19.8 Å². The summed E-state index contributed by atoms with van der Waals surface area (Å²) in [6.07, 6.45) is 11.8. The second-order valence-corrected chi connectivity index (χ2v) is 10.2. The fraction of sp³-hybridized carbons (Fsp3) is 0.393. The second kappa shape index (κ2) is 12.0. The molecule has 36 heavy (non-hydrogen) atoms. The van der Waals surface area contributed by atoms with Crippen molar-refractivity contribution in [3.63, 3.8) is 0 Å². The van der Waals surface area contributed by atoms with E-state index in [9.17, 15) is 0 Å². The molecular weight excluding hydrogens is 468 g/mol. The predicted molar refractivity (Wildman–Crippen MR) is 146 cm³/mol. The van der Waals surface area contributed by atoms with Crippen molar-refractivity contribution >= 4 is 16.5 Å². The normalized spacial score (nSPS) is 11.2.